The van der Waals surface area contributed by atoms with E-state index < -0.39 is 0 Å². The van der Waals surface area contributed by atoms with E-state index in [1.807, 2.05) is 30.1 Å². The molecule has 1 fully saturated rings. The van der Waals surface area contributed by atoms with Gasteiger partial charge in [0.1, 0.15) is 29.2 Å². The summed E-state index contributed by atoms with van der Waals surface area (Å²) in [5.74, 6) is 0.574. The van der Waals surface area contributed by atoms with Gasteiger partial charge in [-0.05, 0) is 12.1 Å². The Balaban J connectivity index is 1.89. The van der Waals surface area contributed by atoms with Gasteiger partial charge in [0.25, 0.3) is 11.5 Å². The lowest BCUT2D eigenvalue weighted by atomic mass is 10.3. The molecule has 1 saturated heterocycles. The van der Waals surface area contributed by atoms with Crippen LogP contribution >= 0.6 is 47.1 Å². The molecule has 0 atom stereocenters. The second-order valence-corrected chi connectivity index (χ2v) is 9.98. The Kier molecular flexibility index (Phi) is 5.36. The van der Waals surface area contributed by atoms with E-state index in [2.05, 4.69) is 6.58 Å². The van der Waals surface area contributed by atoms with Crippen LogP contribution in [0.25, 0.3) is 9.93 Å². The summed E-state index contributed by atoms with van der Waals surface area (Å²) in [6, 6.07) is 5.84. The standard InChI is InChI=1S/C19H17N3O3S4/c1-5-8-22-16(24)14(29-19(22)26)18-21(3)15(23)13(28-18)17-20(2)11-9-10(25-4)6-7-12(11)27-17/h5-7,9H,1,8H2,2-4H3/b17-13-,18-14-. The number of nitrogens with zero attached hydrogens (tertiary/aromatic N) is 3. The topological polar surface area (TPSA) is 54.8 Å². The number of aromatic nitrogens is 1. The highest BCUT2D eigenvalue weighted by molar-refractivity contribution is 8.30. The lowest BCUT2D eigenvalue weighted by Crippen LogP contribution is -2.33. The van der Waals surface area contributed by atoms with Crippen molar-refractivity contribution in [2.45, 2.75) is 4.90 Å². The highest BCUT2D eigenvalue weighted by Gasteiger charge is 2.33. The number of carbonyl (C=O) groups excluding carboxylic acids is 1. The Morgan fingerprint density at radius 3 is 2.69 bits per heavy atom. The zero-order chi connectivity index (χ0) is 20.9. The van der Waals surface area contributed by atoms with Gasteiger partial charge in [-0.3, -0.25) is 14.5 Å². The normalized spacial score (nSPS) is 19.8. The van der Waals surface area contributed by atoms with E-state index in [-0.39, 0.29) is 11.5 Å². The Bertz CT molecular complexity index is 1240. The largest absolute Gasteiger partial charge is 0.497 e. The van der Waals surface area contributed by atoms with Crippen LogP contribution in [0, 0.1) is 0 Å². The molecule has 2 aromatic rings. The van der Waals surface area contributed by atoms with Gasteiger partial charge in [0.15, 0.2) is 0 Å². The zero-order valence-corrected chi connectivity index (χ0v) is 19.2. The van der Waals surface area contributed by atoms with Gasteiger partial charge in [-0.25, -0.2) is 0 Å². The molecule has 0 spiro atoms. The molecular weight excluding hydrogens is 446 g/mol. The van der Waals surface area contributed by atoms with Crippen molar-refractivity contribution in [3.05, 3.63) is 50.4 Å². The lowest BCUT2D eigenvalue weighted by molar-refractivity contribution is -0.120. The van der Waals surface area contributed by atoms with Gasteiger partial charge < -0.3 is 14.2 Å². The molecule has 2 aliphatic rings. The summed E-state index contributed by atoms with van der Waals surface area (Å²) in [7, 11) is 5.24. The molecule has 0 aliphatic carbocycles. The van der Waals surface area contributed by atoms with Crippen molar-refractivity contribution in [2.75, 3.05) is 25.6 Å². The van der Waals surface area contributed by atoms with E-state index in [4.69, 9.17) is 17.0 Å². The van der Waals surface area contributed by atoms with E-state index in [0.717, 1.165) is 21.4 Å². The van der Waals surface area contributed by atoms with Crippen LogP contribution in [0.5, 0.6) is 5.75 Å². The van der Waals surface area contributed by atoms with Crippen LogP contribution in [0.1, 0.15) is 0 Å². The molecule has 3 heterocycles. The first-order valence-corrected chi connectivity index (χ1v) is 11.4. The summed E-state index contributed by atoms with van der Waals surface area (Å²) in [4.78, 5) is 30.9. The van der Waals surface area contributed by atoms with Crippen LogP contribution in [0.15, 0.2) is 40.5 Å². The van der Waals surface area contributed by atoms with Crippen LogP contribution in [0.2, 0.25) is 0 Å². The second-order valence-electron chi connectivity index (χ2n) is 6.30. The number of thiocarbonyl (C=S) groups is 1. The summed E-state index contributed by atoms with van der Waals surface area (Å²) in [5.41, 5.74) is 0.853. The fourth-order valence-electron chi connectivity index (χ4n) is 3.05. The molecular formula is C19H17N3O3S4. The van der Waals surface area contributed by atoms with Crippen molar-refractivity contribution in [3.63, 3.8) is 0 Å². The highest BCUT2D eigenvalue weighted by Crippen LogP contribution is 2.46. The Hall–Kier alpha value is -2.01. The molecule has 0 saturated carbocycles. The van der Waals surface area contributed by atoms with Crippen LogP contribution in [0.3, 0.4) is 0 Å². The number of hydrogen-bond acceptors (Lipinski definition) is 8. The van der Waals surface area contributed by atoms with Crippen LogP contribution in [-0.4, -0.2) is 40.4 Å². The number of ether oxygens (including phenoxy) is 1. The summed E-state index contributed by atoms with van der Waals surface area (Å²) in [6.45, 7) is 4.03. The maximum atomic E-state index is 13.0. The Morgan fingerprint density at radius 2 is 2.00 bits per heavy atom. The summed E-state index contributed by atoms with van der Waals surface area (Å²) < 4.78 is 8.54. The molecule has 6 nitrogen and oxygen atoms in total. The van der Waals surface area contributed by atoms with E-state index in [1.54, 1.807) is 20.2 Å². The van der Waals surface area contributed by atoms with Crippen molar-refractivity contribution >= 4 is 72.9 Å². The van der Waals surface area contributed by atoms with Crippen molar-refractivity contribution in [1.29, 1.82) is 0 Å². The van der Waals surface area contributed by atoms with Gasteiger partial charge in [0.05, 0.1) is 12.8 Å². The average Bonchev–Trinajstić information content (AvgIpc) is 3.29. The molecule has 0 bridgehead atoms. The molecule has 1 aromatic heterocycles. The molecule has 0 N–H and O–H groups in total. The SMILES string of the molecule is C=CCN1C(=O)/C(=c2/s/c(=C3\Sc4ccc(OC)cc4N3C)c(=O)n2C)SC1=S. The quantitative estimate of drug-likeness (QED) is 0.509. The lowest BCUT2D eigenvalue weighted by Gasteiger charge is -2.13. The summed E-state index contributed by atoms with van der Waals surface area (Å²) >= 11 is 9.41. The molecule has 29 heavy (non-hydrogen) atoms. The molecule has 4 rings (SSSR count). The summed E-state index contributed by atoms with van der Waals surface area (Å²) in [6.07, 6.45) is 1.64. The highest BCUT2D eigenvalue weighted by atomic mass is 32.2. The Morgan fingerprint density at radius 1 is 1.24 bits per heavy atom. The monoisotopic (exact) mass is 463 g/mol. The number of carbonyl (C=O) groups is 1. The number of fused-ring (bicyclic) bond motifs is 1. The van der Waals surface area contributed by atoms with Crippen LogP contribution in [0.4, 0.5) is 5.69 Å². The number of thiazole rings is 1. The first-order chi connectivity index (χ1) is 13.9. The number of anilines is 1. The third-order valence-corrected chi connectivity index (χ3v) is 8.77. The van der Waals surface area contributed by atoms with Crippen molar-refractivity contribution in [2.24, 2.45) is 7.05 Å². The molecule has 0 unspecified atom stereocenters. The maximum Gasteiger partial charge on any atom is 0.271 e. The van der Waals surface area contributed by atoms with Crippen LogP contribution < -0.4 is 24.4 Å². The fraction of sp³-hybridized carbons (Fsp3) is 0.211. The van der Waals surface area contributed by atoms with E-state index in [1.165, 1.54) is 44.3 Å². The van der Waals surface area contributed by atoms with Gasteiger partial charge in [0, 0.05) is 31.6 Å². The summed E-state index contributed by atoms with van der Waals surface area (Å²) in [5, 5.41) is 0.840. The van der Waals surface area contributed by atoms with Crippen molar-refractivity contribution in [3.8, 4) is 5.75 Å². The maximum absolute atomic E-state index is 13.0. The molecule has 150 valence electrons. The molecule has 10 heteroatoms. The third-order valence-electron chi connectivity index (χ3n) is 4.59. The Labute approximate surface area is 185 Å². The number of thioether (sulfide) groups is 2. The minimum atomic E-state index is -0.186. The molecule has 1 aromatic carbocycles. The van der Waals surface area contributed by atoms with Crippen molar-refractivity contribution in [1.82, 2.24) is 9.47 Å². The van der Waals surface area contributed by atoms with E-state index >= 15 is 0 Å². The second kappa shape index (κ2) is 7.67. The number of benzene rings is 1. The number of methoxy groups -OCH3 is 1. The fourth-order valence-corrected chi connectivity index (χ4v) is 6.93. The van der Waals surface area contributed by atoms with Crippen LogP contribution in [-0.2, 0) is 11.8 Å². The first-order valence-electron chi connectivity index (χ1n) is 8.56. The number of hydrogen-bond donors (Lipinski definition) is 0. The minimum absolute atomic E-state index is 0.131. The van der Waals surface area contributed by atoms with E-state index in [9.17, 15) is 9.59 Å². The van der Waals surface area contributed by atoms with Gasteiger partial charge >= 0.3 is 0 Å². The van der Waals surface area contributed by atoms with Crippen molar-refractivity contribution < 1.29 is 9.53 Å². The molecule has 1 amide bonds. The van der Waals surface area contributed by atoms with Gasteiger partial charge in [-0.15, -0.1) is 17.9 Å². The smallest absolute Gasteiger partial charge is 0.271 e. The minimum Gasteiger partial charge on any atom is -0.497 e. The predicted octanol–water partition coefficient (Wildman–Crippen LogP) is 1.92. The van der Waals surface area contributed by atoms with Gasteiger partial charge in [-0.2, -0.15) is 0 Å². The van der Waals surface area contributed by atoms with Gasteiger partial charge in [0.2, 0.25) is 0 Å². The first kappa shape index (κ1) is 20.3. The predicted molar refractivity (Wildman–Crippen MR) is 125 cm³/mol. The number of rotatable bonds is 3. The molecule has 2 aliphatic heterocycles. The molecule has 0 radical (unpaired) electrons. The van der Waals surface area contributed by atoms with Gasteiger partial charge in [-0.1, -0.05) is 41.8 Å². The van der Waals surface area contributed by atoms with E-state index in [0.29, 0.717) is 25.0 Å². The number of amides is 1. The zero-order valence-electron chi connectivity index (χ0n) is 15.9. The average molecular weight is 464 g/mol. The third kappa shape index (κ3) is 3.24.